The van der Waals surface area contributed by atoms with E-state index in [0.29, 0.717) is 9.47 Å². The summed E-state index contributed by atoms with van der Waals surface area (Å²) in [4.78, 5) is 26.2. The summed E-state index contributed by atoms with van der Waals surface area (Å²) in [5.74, 6) is -0.174. The van der Waals surface area contributed by atoms with E-state index in [0.717, 1.165) is 29.8 Å². The number of likely N-dealkylation sites (N-methyl/N-ethyl adjacent to an activating group) is 1. The highest BCUT2D eigenvalue weighted by Gasteiger charge is 2.15. The van der Waals surface area contributed by atoms with Gasteiger partial charge in [0.05, 0.1) is 12.3 Å². The van der Waals surface area contributed by atoms with Crippen LogP contribution in [0.4, 0.5) is 16.5 Å². The van der Waals surface area contributed by atoms with Crippen molar-refractivity contribution >= 4 is 51.4 Å². The van der Waals surface area contributed by atoms with Crippen LogP contribution in [0.3, 0.4) is 0 Å². The third-order valence-corrected chi connectivity index (χ3v) is 6.77. The number of rotatable bonds is 10. The molecule has 0 aliphatic heterocycles. The van der Waals surface area contributed by atoms with Gasteiger partial charge < -0.3 is 15.5 Å². The van der Waals surface area contributed by atoms with Crippen LogP contribution in [0.15, 0.2) is 52.9 Å². The molecule has 3 rings (SSSR count). The number of amides is 2. The Hall–Kier alpha value is -2.91. The lowest BCUT2D eigenvalue weighted by molar-refractivity contribution is -0.131. The first-order chi connectivity index (χ1) is 15.5. The minimum atomic E-state index is -0.219. The Bertz CT molecular complexity index is 1050. The molecule has 0 spiro atoms. The van der Waals surface area contributed by atoms with Gasteiger partial charge >= 0.3 is 0 Å². The molecule has 0 aliphatic rings. The second kappa shape index (κ2) is 11.6. The van der Waals surface area contributed by atoms with E-state index in [1.807, 2.05) is 43.3 Å². The standard InChI is InChI=1S/C23H27N5O2S2/c1-4-16-10-12-18(13-11-16)24-22-26-27-23(32-22)31-15-21(30)28(3)14-20(29)25-19-9-7-6-8-17(19)5-2/h6-13H,4-5,14-15H2,1-3H3,(H,24,26)(H,25,29). The second-order valence-electron chi connectivity index (χ2n) is 7.15. The van der Waals surface area contributed by atoms with Crippen LogP contribution in [0.5, 0.6) is 0 Å². The summed E-state index contributed by atoms with van der Waals surface area (Å²) in [5.41, 5.74) is 4.07. The van der Waals surface area contributed by atoms with Crippen LogP contribution >= 0.6 is 23.1 Å². The molecule has 0 unspecified atom stereocenters. The molecule has 0 saturated heterocycles. The molecule has 0 fully saturated rings. The smallest absolute Gasteiger partial charge is 0.243 e. The van der Waals surface area contributed by atoms with Crippen molar-refractivity contribution in [1.29, 1.82) is 0 Å². The molecule has 1 aromatic heterocycles. The van der Waals surface area contributed by atoms with Gasteiger partial charge in [0.2, 0.25) is 16.9 Å². The average molecular weight is 470 g/mol. The monoisotopic (exact) mass is 469 g/mol. The summed E-state index contributed by atoms with van der Waals surface area (Å²) in [6.07, 6.45) is 1.82. The molecule has 0 aliphatic carbocycles. The topological polar surface area (TPSA) is 87.2 Å². The highest BCUT2D eigenvalue weighted by molar-refractivity contribution is 8.01. The van der Waals surface area contributed by atoms with E-state index >= 15 is 0 Å². The van der Waals surface area contributed by atoms with Gasteiger partial charge in [-0.1, -0.05) is 67.3 Å². The summed E-state index contributed by atoms with van der Waals surface area (Å²) >= 11 is 2.70. The molecule has 9 heteroatoms. The molecule has 3 aromatic rings. The SMILES string of the molecule is CCc1ccc(Nc2nnc(SCC(=O)N(C)CC(=O)Nc3ccccc3CC)s2)cc1. The first-order valence-corrected chi connectivity index (χ1v) is 12.2. The van der Waals surface area contributed by atoms with E-state index in [2.05, 4.69) is 39.9 Å². The normalized spacial score (nSPS) is 10.6. The number of para-hydroxylation sites is 1. The van der Waals surface area contributed by atoms with Gasteiger partial charge in [0, 0.05) is 18.4 Å². The van der Waals surface area contributed by atoms with Crippen LogP contribution in [-0.4, -0.2) is 46.3 Å². The number of hydrogen-bond donors (Lipinski definition) is 2. The summed E-state index contributed by atoms with van der Waals surface area (Å²) in [6.45, 7) is 4.15. The van der Waals surface area contributed by atoms with Crippen LogP contribution in [0.1, 0.15) is 25.0 Å². The molecule has 168 valence electrons. The van der Waals surface area contributed by atoms with Gasteiger partial charge in [-0.2, -0.15) is 0 Å². The average Bonchev–Trinajstić information content (AvgIpc) is 3.25. The Labute approximate surface area is 196 Å². The Morgan fingerprint density at radius 1 is 1.03 bits per heavy atom. The van der Waals surface area contributed by atoms with Crippen molar-refractivity contribution in [3.8, 4) is 0 Å². The van der Waals surface area contributed by atoms with E-state index in [-0.39, 0.29) is 24.1 Å². The fourth-order valence-corrected chi connectivity index (χ4v) is 4.66. The van der Waals surface area contributed by atoms with Gasteiger partial charge in [-0.05, 0) is 42.2 Å². The minimum absolute atomic E-state index is 0.00583. The number of nitrogens with zero attached hydrogens (tertiary/aromatic N) is 3. The number of carbonyl (C=O) groups excluding carboxylic acids is 2. The van der Waals surface area contributed by atoms with Crippen molar-refractivity contribution < 1.29 is 9.59 Å². The van der Waals surface area contributed by atoms with E-state index in [9.17, 15) is 9.59 Å². The highest BCUT2D eigenvalue weighted by atomic mass is 32.2. The maximum atomic E-state index is 12.5. The molecule has 7 nitrogen and oxygen atoms in total. The number of aromatic nitrogens is 2. The molecule has 0 bridgehead atoms. The maximum Gasteiger partial charge on any atom is 0.243 e. The van der Waals surface area contributed by atoms with Gasteiger partial charge in [0.25, 0.3) is 0 Å². The number of benzene rings is 2. The van der Waals surface area contributed by atoms with E-state index in [1.165, 1.54) is 33.6 Å². The fraction of sp³-hybridized carbons (Fsp3) is 0.304. The van der Waals surface area contributed by atoms with Gasteiger partial charge in [-0.3, -0.25) is 9.59 Å². The van der Waals surface area contributed by atoms with Crippen molar-refractivity contribution in [2.75, 3.05) is 30.0 Å². The summed E-state index contributed by atoms with van der Waals surface area (Å²) in [6, 6.07) is 15.8. The first-order valence-electron chi connectivity index (χ1n) is 10.4. The summed E-state index contributed by atoms with van der Waals surface area (Å²) in [7, 11) is 1.63. The lowest BCUT2D eigenvalue weighted by Gasteiger charge is -2.17. The second-order valence-corrected chi connectivity index (χ2v) is 9.35. The Kier molecular flexibility index (Phi) is 8.64. The number of nitrogens with one attached hydrogen (secondary N) is 2. The largest absolute Gasteiger partial charge is 0.336 e. The molecule has 2 amide bonds. The number of anilines is 3. The fourth-order valence-electron chi connectivity index (χ4n) is 2.94. The zero-order valence-electron chi connectivity index (χ0n) is 18.4. The lowest BCUT2D eigenvalue weighted by atomic mass is 10.1. The van der Waals surface area contributed by atoms with Crippen LogP contribution in [-0.2, 0) is 22.4 Å². The molecule has 2 aromatic carbocycles. The molecule has 2 N–H and O–H groups in total. The first kappa shape index (κ1) is 23.7. The molecular formula is C23H27N5O2S2. The van der Waals surface area contributed by atoms with Crippen molar-refractivity contribution in [3.63, 3.8) is 0 Å². The van der Waals surface area contributed by atoms with Gasteiger partial charge in [0.15, 0.2) is 4.34 Å². The maximum absolute atomic E-state index is 12.5. The van der Waals surface area contributed by atoms with Gasteiger partial charge in [-0.15, -0.1) is 10.2 Å². The van der Waals surface area contributed by atoms with Crippen molar-refractivity contribution in [2.24, 2.45) is 0 Å². The molecule has 32 heavy (non-hydrogen) atoms. The van der Waals surface area contributed by atoms with E-state index < -0.39 is 0 Å². The van der Waals surface area contributed by atoms with E-state index in [4.69, 9.17) is 0 Å². The highest BCUT2D eigenvalue weighted by Crippen LogP contribution is 2.28. The Morgan fingerprint density at radius 2 is 1.78 bits per heavy atom. The lowest BCUT2D eigenvalue weighted by Crippen LogP contribution is -2.36. The Morgan fingerprint density at radius 3 is 2.50 bits per heavy atom. The number of aryl methyl sites for hydroxylation is 2. The van der Waals surface area contributed by atoms with Crippen molar-refractivity contribution in [3.05, 3.63) is 59.7 Å². The summed E-state index contributed by atoms with van der Waals surface area (Å²) < 4.78 is 0.695. The van der Waals surface area contributed by atoms with Crippen LogP contribution in [0, 0.1) is 0 Å². The minimum Gasteiger partial charge on any atom is -0.336 e. The predicted molar refractivity (Wildman–Crippen MR) is 132 cm³/mol. The number of hydrogen-bond acceptors (Lipinski definition) is 7. The van der Waals surface area contributed by atoms with Crippen LogP contribution in [0.25, 0.3) is 0 Å². The molecular weight excluding hydrogens is 442 g/mol. The number of carbonyl (C=O) groups is 2. The van der Waals surface area contributed by atoms with E-state index in [1.54, 1.807) is 7.05 Å². The molecule has 0 atom stereocenters. The molecule has 0 radical (unpaired) electrons. The summed E-state index contributed by atoms with van der Waals surface area (Å²) in [5, 5.41) is 15.1. The van der Waals surface area contributed by atoms with Gasteiger partial charge in [0.1, 0.15) is 0 Å². The third kappa shape index (κ3) is 6.80. The van der Waals surface area contributed by atoms with Crippen LogP contribution in [0.2, 0.25) is 0 Å². The number of thioether (sulfide) groups is 1. The van der Waals surface area contributed by atoms with Crippen molar-refractivity contribution in [2.45, 2.75) is 31.0 Å². The van der Waals surface area contributed by atoms with Crippen LogP contribution < -0.4 is 10.6 Å². The van der Waals surface area contributed by atoms with Crippen molar-refractivity contribution in [1.82, 2.24) is 15.1 Å². The Balaban J connectivity index is 1.46. The quantitative estimate of drug-likeness (QED) is 0.422. The molecule has 0 saturated carbocycles. The third-order valence-electron chi connectivity index (χ3n) is 4.82. The zero-order valence-corrected chi connectivity index (χ0v) is 20.1. The zero-order chi connectivity index (χ0) is 22.9. The predicted octanol–water partition coefficient (Wildman–Crippen LogP) is 4.60. The molecule has 1 heterocycles. The van der Waals surface area contributed by atoms with Gasteiger partial charge in [-0.25, -0.2) is 0 Å².